The van der Waals surface area contributed by atoms with Gasteiger partial charge in [-0.25, -0.2) is 9.97 Å². The van der Waals surface area contributed by atoms with Gasteiger partial charge >= 0.3 is 0 Å². The summed E-state index contributed by atoms with van der Waals surface area (Å²) in [5.74, 6) is 0.325. The van der Waals surface area contributed by atoms with Crippen LogP contribution in [-0.4, -0.2) is 27.4 Å². The second-order valence-electron chi connectivity index (χ2n) is 4.23. The van der Waals surface area contributed by atoms with E-state index in [1.54, 1.807) is 6.20 Å². The summed E-state index contributed by atoms with van der Waals surface area (Å²) in [6.45, 7) is 3.20. The molecule has 104 valence electrons. The Morgan fingerprint density at radius 2 is 2.00 bits per heavy atom. The Morgan fingerprint density at radius 3 is 2.65 bits per heavy atom. The molecule has 0 atom stereocenters. The summed E-state index contributed by atoms with van der Waals surface area (Å²) in [6, 6.07) is 5.70. The highest BCUT2D eigenvalue weighted by Gasteiger charge is 2.05. The van der Waals surface area contributed by atoms with Crippen LogP contribution in [0.1, 0.15) is 29.4 Å². The van der Waals surface area contributed by atoms with Gasteiger partial charge in [-0.3, -0.25) is 9.78 Å². The van der Waals surface area contributed by atoms with Crippen molar-refractivity contribution < 1.29 is 4.79 Å². The van der Waals surface area contributed by atoms with Gasteiger partial charge < -0.3 is 10.6 Å². The topological polar surface area (TPSA) is 79.8 Å². The average molecular weight is 271 g/mol. The Morgan fingerprint density at radius 1 is 1.20 bits per heavy atom. The summed E-state index contributed by atoms with van der Waals surface area (Å²) in [7, 11) is 0. The van der Waals surface area contributed by atoms with Crippen molar-refractivity contribution in [3.63, 3.8) is 0 Å². The van der Waals surface area contributed by atoms with Crippen molar-refractivity contribution in [1.82, 2.24) is 20.3 Å². The number of pyridine rings is 1. The van der Waals surface area contributed by atoms with Gasteiger partial charge in [-0.2, -0.15) is 0 Å². The van der Waals surface area contributed by atoms with Crippen molar-refractivity contribution in [3.05, 3.63) is 48.0 Å². The van der Waals surface area contributed by atoms with E-state index in [1.165, 1.54) is 12.4 Å². The lowest BCUT2D eigenvalue weighted by molar-refractivity contribution is 0.0953. The smallest absolute Gasteiger partial charge is 0.254 e. The lowest BCUT2D eigenvalue weighted by Crippen LogP contribution is -2.24. The molecule has 0 saturated carbocycles. The van der Waals surface area contributed by atoms with Gasteiger partial charge in [-0.15, -0.1) is 0 Å². The van der Waals surface area contributed by atoms with Crippen LogP contribution in [0.4, 0.5) is 5.95 Å². The molecule has 1 amide bonds. The molecule has 6 nitrogen and oxygen atoms in total. The largest absolute Gasteiger partial charge is 0.352 e. The van der Waals surface area contributed by atoms with E-state index in [1.807, 2.05) is 25.1 Å². The standard InChI is InChI=1S/C14H17N5O/c1-2-6-16-13(20)11-8-17-14(18-9-11)19-10-12-5-3-4-7-15-12/h3-5,7-9H,2,6,10H2,1H3,(H,16,20)(H,17,18,19). The highest BCUT2D eigenvalue weighted by atomic mass is 16.1. The Bertz CT molecular complexity index is 541. The number of anilines is 1. The van der Waals surface area contributed by atoms with E-state index < -0.39 is 0 Å². The van der Waals surface area contributed by atoms with E-state index in [0.717, 1.165) is 12.1 Å². The normalized spacial score (nSPS) is 10.1. The van der Waals surface area contributed by atoms with Crippen LogP contribution in [0.2, 0.25) is 0 Å². The van der Waals surface area contributed by atoms with Gasteiger partial charge in [0.15, 0.2) is 0 Å². The van der Waals surface area contributed by atoms with E-state index in [4.69, 9.17) is 0 Å². The quantitative estimate of drug-likeness (QED) is 0.834. The van der Waals surface area contributed by atoms with Crippen molar-refractivity contribution >= 4 is 11.9 Å². The number of hydrogen-bond acceptors (Lipinski definition) is 5. The number of carbonyl (C=O) groups is 1. The van der Waals surface area contributed by atoms with Crippen LogP contribution >= 0.6 is 0 Å². The Kier molecular flexibility index (Phi) is 5.00. The van der Waals surface area contributed by atoms with Crippen LogP contribution in [-0.2, 0) is 6.54 Å². The molecule has 0 aliphatic heterocycles. The third-order valence-corrected chi connectivity index (χ3v) is 2.60. The maximum absolute atomic E-state index is 11.7. The molecule has 0 fully saturated rings. The van der Waals surface area contributed by atoms with Crippen LogP contribution in [0, 0.1) is 0 Å². The molecule has 0 spiro atoms. The van der Waals surface area contributed by atoms with Gasteiger partial charge in [-0.05, 0) is 18.6 Å². The number of rotatable bonds is 6. The zero-order chi connectivity index (χ0) is 14.2. The lowest BCUT2D eigenvalue weighted by atomic mass is 10.3. The minimum absolute atomic E-state index is 0.150. The summed E-state index contributed by atoms with van der Waals surface area (Å²) >= 11 is 0. The van der Waals surface area contributed by atoms with Gasteiger partial charge in [0.1, 0.15) is 0 Å². The van der Waals surface area contributed by atoms with Gasteiger partial charge in [0.2, 0.25) is 5.95 Å². The second-order valence-corrected chi connectivity index (χ2v) is 4.23. The van der Waals surface area contributed by atoms with E-state index in [9.17, 15) is 4.79 Å². The lowest BCUT2D eigenvalue weighted by Gasteiger charge is -2.05. The molecule has 6 heteroatoms. The molecule has 0 aliphatic rings. The Labute approximate surface area is 117 Å². The van der Waals surface area contributed by atoms with Gasteiger partial charge in [0.25, 0.3) is 5.91 Å². The molecule has 2 aromatic rings. The summed E-state index contributed by atoms with van der Waals surface area (Å²) in [4.78, 5) is 24.1. The maximum Gasteiger partial charge on any atom is 0.254 e. The molecule has 0 radical (unpaired) electrons. The molecule has 2 N–H and O–H groups in total. The summed E-state index contributed by atoms with van der Waals surface area (Å²) in [5.41, 5.74) is 1.36. The van der Waals surface area contributed by atoms with E-state index >= 15 is 0 Å². The number of nitrogens with one attached hydrogen (secondary N) is 2. The third kappa shape index (κ3) is 4.01. The monoisotopic (exact) mass is 271 g/mol. The highest BCUT2D eigenvalue weighted by Crippen LogP contribution is 2.02. The molecular formula is C14H17N5O. The number of aromatic nitrogens is 3. The Balaban J connectivity index is 1.90. The van der Waals surface area contributed by atoms with E-state index in [0.29, 0.717) is 24.6 Å². The first-order valence-corrected chi connectivity index (χ1v) is 6.53. The van der Waals surface area contributed by atoms with Gasteiger partial charge in [0, 0.05) is 25.1 Å². The SMILES string of the molecule is CCCNC(=O)c1cnc(NCc2ccccn2)nc1. The van der Waals surface area contributed by atoms with E-state index in [2.05, 4.69) is 25.6 Å². The molecule has 2 heterocycles. The maximum atomic E-state index is 11.7. The fraction of sp³-hybridized carbons (Fsp3) is 0.286. The first-order valence-electron chi connectivity index (χ1n) is 6.53. The molecule has 0 aromatic carbocycles. The first kappa shape index (κ1) is 13.9. The molecule has 20 heavy (non-hydrogen) atoms. The van der Waals surface area contributed by atoms with Crippen molar-refractivity contribution in [2.24, 2.45) is 0 Å². The number of amides is 1. The summed E-state index contributed by atoms with van der Waals surface area (Å²) in [5, 5.41) is 5.83. The summed E-state index contributed by atoms with van der Waals surface area (Å²) in [6.07, 6.45) is 5.66. The van der Waals surface area contributed by atoms with Crippen molar-refractivity contribution in [2.75, 3.05) is 11.9 Å². The second kappa shape index (κ2) is 7.18. The molecule has 2 rings (SSSR count). The van der Waals surface area contributed by atoms with Crippen LogP contribution < -0.4 is 10.6 Å². The van der Waals surface area contributed by atoms with Gasteiger partial charge in [0.05, 0.1) is 17.8 Å². The van der Waals surface area contributed by atoms with E-state index in [-0.39, 0.29) is 5.91 Å². The molecule has 0 bridgehead atoms. The highest BCUT2D eigenvalue weighted by molar-refractivity contribution is 5.93. The first-order chi connectivity index (χ1) is 9.79. The minimum Gasteiger partial charge on any atom is -0.352 e. The van der Waals surface area contributed by atoms with Crippen LogP contribution in [0.15, 0.2) is 36.8 Å². The molecule has 0 saturated heterocycles. The number of nitrogens with zero attached hydrogens (tertiary/aromatic N) is 3. The van der Waals surface area contributed by atoms with Crippen LogP contribution in [0.25, 0.3) is 0 Å². The predicted molar refractivity (Wildman–Crippen MR) is 76.2 cm³/mol. The average Bonchev–Trinajstić information content (AvgIpc) is 2.52. The van der Waals surface area contributed by atoms with Crippen molar-refractivity contribution in [2.45, 2.75) is 19.9 Å². The molecule has 2 aromatic heterocycles. The molecule has 0 unspecified atom stereocenters. The molecular weight excluding hydrogens is 254 g/mol. The number of hydrogen-bond donors (Lipinski definition) is 2. The Hall–Kier alpha value is -2.50. The zero-order valence-electron chi connectivity index (χ0n) is 11.3. The van der Waals surface area contributed by atoms with Crippen molar-refractivity contribution in [1.29, 1.82) is 0 Å². The third-order valence-electron chi connectivity index (χ3n) is 2.60. The summed E-state index contributed by atoms with van der Waals surface area (Å²) < 4.78 is 0. The number of carbonyl (C=O) groups excluding carboxylic acids is 1. The molecule has 0 aliphatic carbocycles. The zero-order valence-corrected chi connectivity index (χ0v) is 11.3. The van der Waals surface area contributed by atoms with Crippen LogP contribution in [0.3, 0.4) is 0 Å². The van der Waals surface area contributed by atoms with Crippen molar-refractivity contribution in [3.8, 4) is 0 Å². The predicted octanol–water partition coefficient (Wildman–Crippen LogP) is 1.62. The van der Waals surface area contributed by atoms with Crippen LogP contribution in [0.5, 0.6) is 0 Å². The van der Waals surface area contributed by atoms with Gasteiger partial charge in [-0.1, -0.05) is 13.0 Å². The fourth-order valence-electron chi connectivity index (χ4n) is 1.55. The fourth-order valence-corrected chi connectivity index (χ4v) is 1.55. The minimum atomic E-state index is -0.150.